The van der Waals surface area contributed by atoms with Crippen LogP contribution in [-0.2, 0) is 9.59 Å². The Morgan fingerprint density at radius 3 is 2.32 bits per heavy atom. The summed E-state index contributed by atoms with van der Waals surface area (Å²) in [5.74, 6) is -2.08. The third-order valence-electron chi connectivity index (χ3n) is 4.01. The van der Waals surface area contributed by atoms with Gasteiger partial charge in [0.25, 0.3) is 0 Å². The molecule has 9 nitrogen and oxygen atoms in total. The van der Waals surface area contributed by atoms with Gasteiger partial charge in [0.1, 0.15) is 5.75 Å². The predicted molar refractivity (Wildman–Crippen MR) is 110 cm³/mol. The fourth-order valence-corrected chi connectivity index (χ4v) is 2.38. The zero-order valence-electron chi connectivity index (χ0n) is 16.3. The highest BCUT2D eigenvalue weighted by molar-refractivity contribution is 6.39. The Balaban J connectivity index is 1.55. The molecule has 0 saturated heterocycles. The van der Waals surface area contributed by atoms with Crippen molar-refractivity contribution < 1.29 is 23.5 Å². The minimum atomic E-state index is -0.951. The van der Waals surface area contributed by atoms with Gasteiger partial charge in [-0.3, -0.25) is 9.59 Å². The summed E-state index contributed by atoms with van der Waals surface area (Å²) in [6, 6.07) is 17.5. The van der Waals surface area contributed by atoms with Crippen LogP contribution in [0.1, 0.15) is 28.6 Å². The molecule has 0 unspecified atom stereocenters. The first-order valence-electron chi connectivity index (χ1n) is 8.98. The molecule has 2 N–H and O–H groups in total. The van der Waals surface area contributed by atoms with Crippen LogP contribution in [0.2, 0.25) is 0 Å². The van der Waals surface area contributed by atoms with Gasteiger partial charge in [0.15, 0.2) is 0 Å². The van der Waals surface area contributed by atoms with Gasteiger partial charge >= 0.3 is 17.8 Å². The normalized spacial score (nSPS) is 10.6. The molecular formula is C22H16N4O5. The third kappa shape index (κ3) is 5.65. The van der Waals surface area contributed by atoms with E-state index >= 15 is 0 Å². The average Bonchev–Trinajstić information content (AvgIpc) is 3.33. The molecule has 0 spiro atoms. The van der Waals surface area contributed by atoms with Crippen LogP contribution >= 0.6 is 0 Å². The number of furan rings is 1. The lowest BCUT2D eigenvalue weighted by molar-refractivity contribution is -0.136. The molecule has 0 aliphatic carbocycles. The fourth-order valence-electron chi connectivity index (χ4n) is 2.38. The standard InChI is InChI=1S/C22H16N4O5/c1-14(16-6-10-18(11-7-16)31-22(29)19-3-2-12-30-19)25-26-21(28)20(27)24-17-8-4-15(13-23)5-9-17/h2-12H,1H3,(H,24,27)(H,26,28). The molecular weight excluding hydrogens is 400 g/mol. The minimum Gasteiger partial charge on any atom is -0.457 e. The molecule has 0 aliphatic rings. The molecule has 9 heteroatoms. The molecule has 2 amide bonds. The Morgan fingerprint density at radius 1 is 1.00 bits per heavy atom. The van der Waals surface area contributed by atoms with E-state index in [9.17, 15) is 14.4 Å². The van der Waals surface area contributed by atoms with Crippen LogP contribution in [0.4, 0.5) is 5.69 Å². The van der Waals surface area contributed by atoms with Crippen LogP contribution in [0, 0.1) is 11.3 Å². The third-order valence-corrected chi connectivity index (χ3v) is 4.01. The first-order valence-corrected chi connectivity index (χ1v) is 8.98. The van der Waals surface area contributed by atoms with E-state index in [0.717, 1.165) is 0 Å². The van der Waals surface area contributed by atoms with Crippen molar-refractivity contribution in [2.45, 2.75) is 6.92 Å². The maximum atomic E-state index is 11.9. The molecule has 31 heavy (non-hydrogen) atoms. The van der Waals surface area contributed by atoms with Crippen LogP contribution in [-0.4, -0.2) is 23.5 Å². The fraction of sp³-hybridized carbons (Fsp3) is 0.0455. The number of nitrogens with one attached hydrogen (secondary N) is 2. The highest BCUT2D eigenvalue weighted by atomic mass is 16.5. The molecule has 1 aromatic heterocycles. The van der Waals surface area contributed by atoms with Crippen molar-refractivity contribution in [1.29, 1.82) is 5.26 Å². The number of carbonyl (C=O) groups excluding carboxylic acids is 3. The number of carbonyl (C=O) groups is 3. The quantitative estimate of drug-likeness (QED) is 0.216. The Bertz CT molecular complexity index is 1160. The van der Waals surface area contributed by atoms with Gasteiger partial charge in [-0.25, -0.2) is 10.2 Å². The zero-order chi connectivity index (χ0) is 22.2. The minimum absolute atomic E-state index is 0.0869. The van der Waals surface area contributed by atoms with E-state index in [4.69, 9.17) is 14.4 Å². The number of benzene rings is 2. The van der Waals surface area contributed by atoms with Gasteiger partial charge in [-0.1, -0.05) is 0 Å². The number of hydrogen-bond donors (Lipinski definition) is 2. The lowest BCUT2D eigenvalue weighted by atomic mass is 10.1. The zero-order valence-corrected chi connectivity index (χ0v) is 16.3. The summed E-state index contributed by atoms with van der Waals surface area (Å²) in [7, 11) is 0. The maximum absolute atomic E-state index is 11.9. The molecule has 0 aliphatic heterocycles. The first kappa shape index (κ1) is 21.0. The van der Waals surface area contributed by atoms with Crippen LogP contribution in [0.5, 0.6) is 5.75 Å². The van der Waals surface area contributed by atoms with Gasteiger partial charge in [-0.05, 0) is 73.2 Å². The van der Waals surface area contributed by atoms with Gasteiger partial charge in [0.05, 0.1) is 23.6 Å². The number of hydrogen-bond acceptors (Lipinski definition) is 7. The summed E-state index contributed by atoms with van der Waals surface area (Å²) in [5.41, 5.74) is 4.06. The molecule has 0 bridgehead atoms. The summed E-state index contributed by atoms with van der Waals surface area (Å²) >= 11 is 0. The van der Waals surface area contributed by atoms with E-state index in [1.807, 2.05) is 6.07 Å². The highest BCUT2D eigenvalue weighted by Crippen LogP contribution is 2.15. The van der Waals surface area contributed by atoms with Crippen molar-refractivity contribution in [3.05, 3.63) is 83.8 Å². The predicted octanol–water partition coefficient (Wildman–Crippen LogP) is 2.85. The van der Waals surface area contributed by atoms with E-state index in [1.165, 1.54) is 36.6 Å². The lowest BCUT2D eigenvalue weighted by Gasteiger charge is -2.06. The van der Waals surface area contributed by atoms with Gasteiger partial charge < -0.3 is 14.5 Å². The second-order valence-electron chi connectivity index (χ2n) is 6.17. The topological polar surface area (TPSA) is 134 Å². The van der Waals surface area contributed by atoms with Gasteiger partial charge in [0.2, 0.25) is 5.76 Å². The van der Waals surface area contributed by atoms with E-state index in [-0.39, 0.29) is 5.76 Å². The molecule has 3 aromatic rings. The number of nitrogens with zero attached hydrogens (tertiary/aromatic N) is 2. The van der Waals surface area contributed by atoms with E-state index in [1.54, 1.807) is 37.3 Å². The second-order valence-corrected chi connectivity index (χ2v) is 6.17. The number of amides is 2. The summed E-state index contributed by atoms with van der Waals surface area (Å²) in [6.45, 7) is 1.64. The summed E-state index contributed by atoms with van der Waals surface area (Å²) in [5, 5.41) is 15.1. The van der Waals surface area contributed by atoms with E-state index in [2.05, 4.69) is 15.8 Å². The van der Waals surface area contributed by atoms with Crippen molar-refractivity contribution >= 4 is 29.2 Å². The molecule has 0 atom stereocenters. The maximum Gasteiger partial charge on any atom is 0.379 e. The Hall–Kier alpha value is -4.71. The molecule has 1 heterocycles. The lowest BCUT2D eigenvalue weighted by Crippen LogP contribution is -2.32. The molecule has 0 fully saturated rings. The SMILES string of the molecule is CC(=NNC(=O)C(=O)Nc1ccc(C#N)cc1)c1ccc(OC(=O)c2ccco2)cc1. The van der Waals surface area contributed by atoms with Crippen molar-refractivity contribution in [2.24, 2.45) is 5.10 Å². The average molecular weight is 416 g/mol. The van der Waals surface area contributed by atoms with Crippen LogP contribution in [0.3, 0.4) is 0 Å². The van der Waals surface area contributed by atoms with Crippen molar-refractivity contribution in [1.82, 2.24) is 5.43 Å². The monoisotopic (exact) mass is 416 g/mol. The Labute approximate surface area is 176 Å². The second kappa shape index (κ2) is 9.67. The van der Waals surface area contributed by atoms with Gasteiger partial charge in [0, 0.05) is 5.69 Å². The molecule has 0 radical (unpaired) electrons. The number of anilines is 1. The van der Waals surface area contributed by atoms with Crippen molar-refractivity contribution in [2.75, 3.05) is 5.32 Å². The summed E-state index contributed by atoms with van der Waals surface area (Å²) in [6.07, 6.45) is 1.37. The van der Waals surface area contributed by atoms with E-state index < -0.39 is 17.8 Å². The molecule has 2 aromatic carbocycles. The molecule has 154 valence electrons. The Kier molecular flexibility index (Phi) is 6.55. The molecule has 3 rings (SSSR count). The number of ether oxygens (including phenoxy) is 1. The van der Waals surface area contributed by atoms with Crippen molar-refractivity contribution in [3.63, 3.8) is 0 Å². The number of nitriles is 1. The number of hydrazone groups is 1. The van der Waals surface area contributed by atoms with E-state index in [0.29, 0.717) is 28.3 Å². The van der Waals surface area contributed by atoms with Crippen LogP contribution < -0.4 is 15.5 Å². The largest absolute Gasteiger partial charge is 0.457 e. The smallest absolute Gasteiger partial charge is 0.379 e. The van der Waals surface area contributed by atoms with Gasteiger partial charge in [-0.2, -0.15) is 10.4 Å². The number of rotatable bonds is 5. The van der Waals surface area contributed by atoms with Gasteiger partial charge in [-0.15, -0.1) is 0 Å². The van der Waals surface area contributed by atoms with Crippen molar-refractivity contribution in [3.8, 4) is 11.8 Å². The number of esters is 1. The summed E-state index contributed by atoms with van der Waals surface area (Å²) in [4.78, 5) is 35.8. The van der Waals surface area contributed by atoms with Crippen LogP contribution in [0.25, 0.3) is 0 Å². The first-order chi connectivity index (χ1) is 15.0. The summed E-state index contributed by atoms with van der Waals surface area (Å²) < 4.78 is 10.2. The van der Waals surface area contributed by atoms with Crippen LogP contribution in [0.15, 0.2) is 76.4 Å². The Morgan fingerprint density at radius 2 is 1.71 bits per heavy atom. The highest BCUT2D eigenvalue weighted by Gasteiger charge is 2.14. The molecule has 0 saturated carbocycles.